The Morgan fingerprint density at radius 3 is 2.70 bits per heavy atom. The number of ether oxygens (including phenoxy) is 1. The summed E-state index contributed by atoms with van der Waals surface area (Å²) in [6.07, 6.45) is 4.03. The molecule has 1 aromatic carbocycles. The van der Waals surface area contributed by atoms with E-state index in [1.807, 2.05) is 35.2 Å². The lowest BCUT2D eigenvalue weighted by Gasteiger charge is -2.51. The fraction of sp³-hybridized carbons (Fsp3) is 0.579. The lowest BCUT2D eigenvalue weighted by atomic mass is 9.85. The minimum atomic E-state index is -0.428. The van der Waals surface area contributed by atoms with E-state index in [1.54, 1.807) is 4.68 Å². The van der Waals surface area contributed by atoms with Crippen molar-refractivity contribution in [1.82, 2.24) is 30.0 Å². The molecule has 8 nitrogen and oxygen atoms in total. The van der Waals surface area contributed by atoms with Gasteiger partial charge in [-0.05, 0) is 35.9 Å². The second-order valence-corrected chi connectivity index (χ2v) is 7.51. The topological polar surface area (TPSA) is 76.4 Å². The molecule has 1 aromatic heterocycles. The number of aromatic nitrogens is 4. The third kappa shape index (κ3) is 3.72. The minimum absolute atomic E-state index is 0.0179. The van der Waals surface area contributed by atoms with Crippen LogP contribution in [0.15, 0.2) is 36.7 Å². The van der Waals surface area contributed by atoms with Crippen molar-refractivity contribution in [3.8, 4) is 0 Å². The standard InChI is InChI=1S/C19H26N6O2/c1-23-9-10-24(14-19(23)7-11-27-12-8-19)18(26)17(25-15-20-21-22-25)13-16-5-3-2-4-6-16/h2-6,15,17H,7-14H2,1H3. The number of benzene rings is 1. The summed E-state index contributed by atoms with van der Waals surface area (Å²) in [4.78, 5) is 17.9. The molecule has 1 atom stereocenters. The average Bonchev–Trinajstić information content (AvgIpc) is 3.24. The molecule has 2 aliphatic heterocycles. The van der Waals surface area contributed by atoms with E-state index in [4.69, 9.17) is 4.74 Å². The van der Waals surface area contributed by atoms with E-state index in [0.29, 0.717) is 6.42 Å². The van der Waals surface area contributed by atoms with Gasteiger partial charge in [-0.25, -0.2) is 4.68 Å². The van der Waals surface area contributed by atoms with Crippen molar-refractivity contribution in [2.45, 2.75) is 30.8 Å². The van der Waals surface area contributed by atoms with Gasteiger partial charge < -0.3 is 9.64 Å². The molecule has 1 spiro atoms. The first kappa shape index (κ1) is 18.1. The predicted molar refractivity (Wildman–Crippen MR) is 99.0 cm³/mol. The van der Waals surface area contributed by atoms with Crippen LogP contribution >= 0.6 is 0 Å². The molecule has 1 amide bonds. The van der Waals surface area contributed by atoms with E-state index in [-0.39, 0.29) is 11.4 Å². The van der Waals surface area contributed by atoms with E-state index >= 15 is 0 Å². The molecule has 2 saturated heterocycles. The highest BCUT2D eigenvalue weighted by Crippen LogP contribution is 2.31. The number of likely N-dealkylation sites (N-methyl/N-ethyl adjacent to an activating group) is 1. The molecule has 27 heavy (non-hydrogen) atoms. The Hall–Kier alpha value is -2.32. The van der Waals surface area contributed by atoms with Crippen molar-refractivity contribution in [1.29, 1.82) is 0 Å². The molecule has 2 fully saturated rings. The van der Waals surface area contributed by atoms with Crippen LogP contribution in [0.4, 0.5) is 0 Å². The quantitative estimate of drug-likeness (QED) is 0.792. The van der Waals surface area contributed by atoms with Gasteiger partial charge >= 0.3 is 0 Å². The van der Waals surface area contributed by atoms with Crippen LogP contribution < -0.4 is 0 Å². The number of hydrogen-bond acceptors (Lipinski definition) is 6. The van der Waals surface area contributed by atoms with Gasteiger partial charge in [0.1, 0.15) is 12.4 Å². The second-order valence-electron chi connectivity index (χ2n) is 7.51. The Labute approximate surface area is 159 Å². The molecule has 0 saturated carbocycles. The van der Waals surface area contributed by atoms with Crippen LogP contribution in [0.5, 0.6) is 0 Å². The monoisotopic (exact) mass is 370 g/mol. The summed E-state index contributed by atoms with van der Waals surface area (Å²) in [5.74, 6) is 0.0881. The van der Waals surface area contributed by atoms with E-state index in [9.17, 15) is 4.79 Å². The van der Waals surface area contributed by atoms with Gasteiger partial charge in [0.25, 0.3) is 0 Å². The fourth-order valence-corrected chi connectivity index (χ4v) is 4.20. The van der Waals surface area contributed by atoms with Gasteiger partial charge in [0.15, 0.2) is 0 Å². The Morgan fingerprint density at radius 2 is 2.00 bits per heavy atom. The third-order valence-electron chi connectivity index (χ3n) is 5.98. The summed E-state index contributed by atoms with van der Waals surface area (Å²) < 4.78 is 7.15. The van der Waals surface area contributed by atoms with E-state index < -0.39 is 6.04 Å². The molecule has 2 aromatic rings. The van der Waals surface area contributed by atoms with E-state index in [1.165, 1.54) is 6.33 Å². The molecule has 3 heterocycles. The summed E-state index contributed by atoms with van der Waals surface area (Å²) in [5, 5.41) is 11.5. The first-order valence-electron chi connectivity index (χ1n) is 9.52. The molecular weight excluding hydrogens is 344 g/mol. The Kier molecular flexibility index (Phi) is 5.18. The van der Waals surface area contributed by atoms with Crippen LogP contribution in [0.25, 0.3) is 0 Å². The normalized spacial score (nSPS) is 21.3. The molecule has 144 valence electrons. The smallest absolute Gasteiger partial charge is 0.248 e. The summed E-state index contributed by atoms with van der Waals surface area (Å²) in [6.45, 7) is 3.85. The Morgan fingerprint density at radius 1 is 1.22 bits per heavy atom. The van der Waals surface area contributed by atoms with Crippen molar-refractivity contribution >= 4 is 5.91 Å². The minimum Gasteiger partial charge on any atom is -0.381 e. The first-order valence-corrected chi connectivity index (χ1v) is 9.52. The number of nitrogens with zero attached hydrogens (tertiary/aromatic N) is 6. The van der Waals surface area contributed by atoms with Crippen molar-refractivity contribution in [3.05, 3.63) is 42.2 Å². The van der Waals surface area contributed by atoms with Gasteiger partial charge in [-0.1, -0.05) is 30.3 Å². The largest absolute Gasteiger partial charge is 0.381 e. The number of rotatable bonds is 4. The van der Waals surface area contributed by atoms with Crippen LogP contribution in [0.3, 0.4) is 0 Å². The first-order chi connectivity index (χ1) is 13.2. The Balaban J connectivity index is 1.56. The van der Waals surface area contributed by atoms with Gasteiger partial charge in [0, 0.05) is 44.8 Å². The van der Waals surface area contributed by atoms with Crippen LogP contribution in [0.2, 0.25) is 0 Å². The maximum absolute atomic E-state index is 13.5. The van der Waals surface area contributed by atoms with Crippen LogP contribution in [-0.2, 0) is 16.0 Å². The van der Waals surface area contributed by atoms with Crippen molar-refractivity contribution < 1.29 is 9.53 Å². The number of amides is 1. The summed E-state index contributed by atoms with van der Waals surface area (Å²) in [5.41, 5.74) is 1.12. The highest BCUT2D eigenvalue weighted by molar-refractivity contribution is 5.81. The number of hydrogen-bond donors (Lipinski definition) is 0. The Bertz CT molecular complexity index is 745. The molecule has 4 rings (SSSR count). The molecule has 2 aliphatic rings. The fourth-order valence-electron chi connectivity index (χ4n) is 4.20. The van der Waals surface area contributed by atoms with Gasteiger partial charge in [-0.2, -0.15) is 0 Å². The lowest BCUT2D eigenvalue weighted by molar-refractivity contribution is -0.143. The average molecular weight is 370 g/mol. The van der Waals surface area contributed by atoms with E-state index in [2.05, 4.69) is 27.5 Å². The van der Waals surface area contributed by atoms with Gasteiger partial charge in [0.2, 0.25) is 5.91 Å². The highest BCUT2D eigenvalue weighted by atomic mass is 16.5. The zero-order valence-electron chi connectivity index (χ0n) is 15.7. The summed E-state index contributed by atoms with van der Waals surface area (Å²) in [7, 11) is 2.16. The maximum atomic E-state index is 13.5. The van der Waals surface area contributed by atoms with Crippen molar-refractivity contribution in [2.24, 2.45) is 0 Å². The number of piperazine rings is 1. The molecule has 0 radical (unpaired) electrons. The number of carbonyl (C=O) groups is 1. The van der Waals surface area contributed by atoms with Gasteiger partial charge in [-0.15, -0.1) is 5.10 Å². The highest BCUT2D eigenvalue weighted by Gasteiger charge is 2.43. The molecule has 1 unspecified atom stereocenters. The number of tetrazole rings is 1. The predicted octanol–water partition coefficient (Wildman–Crippen LogP) is 0.780. The molecule has 0 aliphatic carbocycles. The molecule has 0 bridgehead atoms. The zero-order valence-corrected chi connectivity index (χ0v) is 15.7. The van der Waals surface area contributed by atoms with E-state index in [0.717, 1.165) is 51.3 Å². The van der Waals surface area contributed by atoms with Gasteiger partial charge in [-0.3, -0.25) is 9.69 Å². The second kappa shape index (κ2) is 7.74. The van der Waals surface area contributed by atoms with Crippen molar-refractivity contribution in [3.63, 3.8) is 0 Å². The molecular formula is C19H26N6O2. The van der Waals surface area contributed by atoms with Crippen LogP contribution in [0.1, 0.15) is 24.4 Å². The molecule has 0 N–H and O–H groups in total. The molecule has 8 heteroatoms. The lowest BCUT2D eigenvalue weighted by Crippen LogP contribution is -2.64. The summed E-state index contributed by atoms with van der Waals surface area (Å²) >= 11 is 0. The van der Waals surface area contributed by atoms with Crippen LogP contribution in [0, 0.1) is 0 Å². The third-order valence-corrected chi connectivity index (χ3v) is 5.98. The maximum Gasteiger partial charge on any atom is 0.248 e. The van der Waals surface area contributed by atoms with Crippen molar-refractivity contribution in [2.75, 3.05) is 39.9 Å². The summed E-state index contributed by atoms with van der Waals surface area (Å²) in [6, 6.07) is 9.60. The van der Waals surface area contributed by atoms with Crippen LogP contribution in [-0.4, -0.2) is 81.3 Å². The zero-order chi connectivity index (χ0) is 18.7. The SMILES string of the molecule is CN1CCN(C(=O)C(Cc2ccccc2)n2cnnn2)CC12CCOCC2. The number of carbonyl (C=O) groups excluding carboxylic acids is 1. The van der Waals surface area contributed by atoms with Gasteiger partial charge in [0.05, 0.1) is 0 Å².